The molecule has 0 saturated heterocycles. The number of Topliss-reactive ketones (excluding diaryl/α,β-unsaturated/α-hetero) is 1. The molecule has 0 radical (unpaired) electrons. The van der Waals surface area contributed by atoms with Gasteiger partial charge in [-0.1, -0.05) is 0 Å². The van der Waals surface area contributed by atoms with Crippen molar-refractivity contribution in [2.75, 3.05) is 0 Å². The molecule has 1 aliphatic rings. The molecule has 0 aliphatic heterocycles. The Morgan fingerprint density at radius 2 is 2.31 bits per heavy atom. The van der Waals surface area contributed by atoms with Crippen molar-refractivity contribution in [1.29, 1.82) is 0 Å². The molecule has 0 amide bonds. The number of nitrogens with two attached hydrogens (primary N) is 1. The molecule has 1 heterocycles. The SMILES string of the molecule is NC1CCc2cncc(P)c2C1=O. The third kappa shape index (κ3) is 1.38. The Hall–Kier alpha value is -0.790. The van der Waals surface area contributed by atoms with Gasteiger partial charge in [0.05, 0.1) is 6.04 Å². The fraction of sp³-hybridized carbons (Fsp3) is 0.333. The van der Waals surface area contributed by atoms with Crippen molar-refractivity contribution in [3.8, 4) is 0 Å². The van der Waals surface area contributed by atoms with Crippen LogP contribution >= 0.6 is 9.24 Å². The number of aromatic nitrogens is 1. The van der Waals surface area contributed by atoms with E-state index in [1.54, 1.807) is 12.4 Å². The average Bonchev–Trinajstić information content (AvgIpc) is 2.12. The highest BCUT2D eigenvalue weighted by Gasteiger charge is 2.25. The molecule has 0 fully saturated rings. The van der Waals surface area contributed by atoms with Gasteiger partial charge in [0.25, 0.3) is 0 Å². The van der Waals surface area contributed by atoms with Gasteiger partial charge in [0.2, 0.25) is 0 Å². The molecule has 0 spiro atoms. The van der Waals surface area contributed by atoms with Crippen LogP contribution in [0.4, 0.5) is 0 Å². The zero-order valence-corrected chi connectivity index (χ0v) is 8.31. The van der Waals surface area contributed by atoms with E-state index in [-0.39, 0.29) is 11.8 Å². The number of nitrogens with zero attached hydrogens (tertiary/aromatic N) is 1. The second-order valence-electron chi connectivity index (χ2n) is 3.27. The van der Waals surface area contributed by atoms with Crippen LogP contribution < -0.4 is 11.0 Å². The van der Waals surface area contributed by atoms with Crippen molar-refractivity contribution in [2.24, 2.45) is 5.73 Å². The van der Waals surface area contributed by atoms with Gasteiger partial charge < -0.3 is 5.73 Å². The van der Waals surface area contributed by atoms with E-state index in [2.05, 4.69) is 14.2 Å². The van der Waals surface area contributed by atoms with Gasteiger partial charge in [-0.25, -0.2) is 0 Å². The molecule has 0 saturated carbocycles. The van der Waals surface area contributed by atoms with Crippen molar-refractivity contribution in [3.63, 3.8) is 0 Å². The normalized spacial score (nSPS) is 21.4. The molecule has 68 valence electrons. The fourth-order valence-corrected chi connectivity index (χ4v) is 2.05. The molecule has 0 aromatic carbocycles. The van der Waals surface area contributed by atoms with Gasteiger partial charge in [-0.3, -0.25) is 9.78 Å². The van der Waals surface area contributed by atoms with Crippen LogP contribution in [0.3, 0.4) is 0 Å². The summed E-state index contributed by atoms with van der Waals surface area (Å²) in [5, 5.41) is 0.859. The molecule has 1 aromatic rings. The van der Waals surface area contributed by atoms with Crippen molar-refractivity contribution >= 4 is 20.3 Å². The fourth-order valence-electron chi connectivity index (χ4n) is 1.64. The summed E-state index contributed by atoms with van der Waals surface area (Å²) < 4.78 is 0. The molecule has 3 nitrogen and oxygen atoms in total. The minimum absolute atomic E-state index is 0.0497. The lowest BCUT2D eigenvalue weighted by Crippen LogP contribution is -2.37. The lowest BCUT2D eigenvalue weighted by atomic mass is 9.89. The van der Waals surface area contributed by atoms with E-state index < -0.39 is 0 Å². The first-order valence-corrected chi connectivity index (χ1v) is 4.80. The summed E-state index contributed by atoms with van der Waals surface area (Å²) in [7, 11) is 2.53. The highest BCUT2D eigenvalue weighted by Crippen LogP contribution is 2.19. The maximum absolute atomic E-state index is 11.7. The first-order valence-electron chi connectivity index (χ1n) is 4.22. The number of fused-ring (bicyclic) bond motifs is 1. The summed E-state index contributed by atoms with van der Waals surface area (Å²) in [6.45, 7) is 0. The van der Waals surface area contributed by atoms with E-state index >= 15 is 0 Å². The van der Waals surface area contributed by atoms with Gasteiger partial charge in [-0.15, -0.1) is 9.24 Å². The van der Waals surface area contributed by atoms with Crippen LogP contribution in [-0.4, -0.2) is 16.8 Å². The molecular weight excluding hydrogens is 183 g/mol. The molecule has 1 aromatic heterocycles. The molecule has 2 unspecified atom stereocenters. The molecule has 1 aliphatic carbocycles. The second kappa shape index (κ2) is 3.17. The topological polar surface area (TPSA) is 56.0 Å². The summed E-state index contributed by atoms with van der Waals surface area (Å²) in [5.74, 6) is 0.0497. The van der Waals surface area contributed by atoms with Crippen molar-refractivity contribution in [2.45, 2.75) is 18.9 Å². The highest BCUT2D eigenvalue weighted by molar-refractivity contribution is 7.27. The van der Waals surface area contributed by atoms with Crippen LogP contribution in [0.15, 0.2) is 12.4 Å². The third-order valence-electron chi connectivity index (χ3n) is 2.36. The van der Waals surface area contributed by atoms with Gasteiger partial charge in [-0.05, 0) is 23.7 Å². The summed E-state index contributed by atoms with van der Waals surface area (Å²) >= 11 is 0. The monoisotopic (exact) mass is 194 g/mol. The van der Waals surface area contributed by atoms with Gasteiger partial charge in [-0.2, -0.15) is 0 Å². The molecule has 2 atom stereocenters. The number of carbonyl (C=O) groups excluding carboxylic acids is 1. The Labute approximate surface area is 78.9 Å². The van der Waals surface area contributed by atoms with Crippen molar-refractivity contribution < 1.29 is 4.79 Å². The number of hydrogen-bond donors (Lipinski definition) is 1. The van der Waals surface area contributed by atoms with Crippen LogP contribution in [0, 0.1) is 0 Å². The highest BCUT2D eigenvalue weighted by atomic mass is 31.0. The van der Waals surface area contributed by atoms with E-state index in [4.69, 9.17) is 5.73 Å². The Bertz CT molecular complexity index is 365. The van der Waals surface area contributed by atoms with Gasteiger partial charge in [0.1, 0.15) is 0 Å². The number of pyridine rings is 1. The molecule has 13 heavy (non-hydrogen) atoms. The lowest BCUT2D eigenvalue weighted by molar-refractivity contribution is 0.0949. The van der Waals surface area contributed by atoms with E-state index in [1.165, 1.54) is 0 Å². The summed E-state index contributed by atoms with van der Waals surface area (Å²) in [5.41, 5.74) is 7.47. The number of rotatable bonds is 0. The Balaban J connectivity index is 2.57. The maximum atomic E-state index is 11.7. The summed E-state index contributed by atoms with van der Waals surface area (Å²) in [4.78, 5) is 15.7. The molecule has 2 rings (SSSR count). The van der Waals surface area contributed by atoms with Crippen LogP contribution in [0.25, 0.3) is 0 Å². The molecule has 0 bridgehead atoms. The molecular formula is C9H11N2OP. The zero-order chi connectivity index (χ0) is 9.42. The average molecular weight is 194 g/mol. The van der Waals surface area contributed by atoms with Gasteiger partial charge in [0, 0.05) is 18.0 Å². The zero-order valence-electron chi connectivity index (χ0n) is 7.16. The van der Waals surface area contributed by atoms with E-state index in [0.29, 0.717) is 0 Å². The Morgan fingerprint density at radius 3 is 3.08 bits per heavy atom. The van der Waals surface area contributed by atoms with Crippen molar-refractivity contribution in [1.82, 2.24) is 4.98 Å². The predicted octanol–water partition coefficient (Wildman–Crippen LogP) is 0.0382. The Kier molecular flexibility index (Phi) is 2.14. The number of aryl methyl sites for hydroxylation is 1. The van der Waals surface area contributed by atoms with Gasteiger partial charge >= 0.3 is 0 Å². The standard InChI is InChI=1S/C9H11N2OP/c10-6-2-1-5-3-11-4-7(13)8(5)9(6)12/h3-4,6H,1-2,10,13H2. The number of carbonyl (C=O) groups is 1. The largest absolute Gasteiger partial charge is 0.321 e. The second-order valence-corrected chi connectivity index (χ2v) is 3.89. The first-order chi connectivity index (χ1) is 6.20. The number of hydrogen-bond acceptors (Lipinski definition) is 3. The molecule has 4 heteroatoms. The number of ketones is 1. The Morgan fingerprint density at radius 1 is 1.54 bits per heavy atom. The van der Waals surface area contributed by atoms with Crippen LogP contribution in [0.5, 0.6) is 0 Å². The summed E-state index contributed by atoms with van der Waals surface area (Å²) in [6.07, 6.45) is 5.03. The van der Waals surface area contributed by atoms with E-state index in [9.17, 15) is 4.79 Å². The molecule has 2 N–H and O–H groups in total. The minimum atomic E-state index is -0.325. The van der Waals surface area contributed by atoms with Crippen LogP contribution in [0.1, 0.15) is 22.3 Å². The van der Waals surface area contributed by atoms with Crippen LogP contribution in [0.2, 0.25) is 0 Å². The minimum Gasteiger partial charge on any atom is -0.321 e. The predicted molar refractivity (Wildman–Crippen MR) is 54.2 cm³/mol. The van der Waals surface area contributed by atoms with E-state index in [1.807, 2.05) is 0 Å². The van der Waals surface area contributed by atoms with E-state index in [0.717, 1.165) is 29.3 Å². The van der Waals surface area contributed by atoms with Gasteiger partial charge in [0.15, 0.2) is 5.78 Å². The quantitative estimate of drug-likeness (QED) is 0.593. The lowest BCUT2D eigenvalue weighted by Gasteiger charge is -2.20. The smallest absolute Gasteiger partial charge is 0.180 e. The van der Waals surface area contributed by atoms with Crippen molar-refractivity contribution in [3.05, 3.63) is 23.5 Å². The first kappa shape index (κ1) is 8.79. The summed E-state index contributed by atoms with van der Waals surface area (Å²) in [6, 6.07) is -0.325. The third-order valence-corrected chi connectivity index (χ3v) is 2.80. The van der Waals surface area contributed by atoms with Crippen LogP contribution in [-0.2, 0) is 6.42 Å². The maximum Gasteiger partial charge on any atom is 0.180 e.